The summed E-state index contributed by atoms with van der Waals surface area (Å²) in [5, 5.41) is 6.65. The summed E-state index contributed by atoms with van der Waals surface area (Å²) in [6.45, 7) is 9.25. The van der Waals surface area contributed by atoms with Crippen molar-refractivity contribution >= 4 is 23.4 Å². The van der Waals surface area contributed by atoms with Crippen LogP contribution in [0.15, 0.2) is 40.7 Å². The summed E-state index contributed by atoms with van der Waals surface area (Å²) >= 11 is 1.68. The summed E-state index contributed by atoms with van der Waals surface area (Å²) in [4.78, 5) is 25.8. The van der Waals surface area contributed by atoms with Gasteiger partial charge in [-0.3, -0.25) is 4.99 Å². The molecule has 2 aliphatic rings. The highest BCUT2D eigenvalue weighted by Gasteiger charge is 2.36. The molecule has 7 nitrogen and oxygen atoms in total. The third-order valence-corrected chi connectivity index (χ3v) is 6.04. The Hall–Kier alpha value is -2.61. The number of carbonyl (C=O) groups is 1. The fourth-order valence-corrected chi connectivity index (χ4v) is 4.52. The molecular weight excluding hydrogens is 398 g/mol. The van der Waals surface area contributed by atoms with Crippen LogP contribution >= 0.6 is 11.3 Å². The van der Waals surface area contributed by atoms with E-state index in [-0.39, 0.29) is 12.1 Å². The Morgan fingerprint density at radius 2 is 2.07 bits per heavy atom. The first-order valence-corrected chi connectivity index (χ1v) is 11.3. The molecule has 4 rings (SSSR count). The first-order chi connectivity index (χ1) is 14.4. The topological polar surface area (TPSA) is 70.1 Å². The molecule has 0 radical (unpaired) electrons. The first kappa shape index (κ1) is 20.7. The van der Waals surface area contributed by atoms with Crippen LogP contribution in [0.25, 0.3) is 10.6 Å². The number of nitrogens with zero attached hydrogens (tertiary/aromatic N) is 4. The molecule has 1 aromatic carbocycles. The maximum Gasteiger partial charge on any atom is 0.410 e. The molecule has 0 saturated carbocycles. The summed E-state index contributed by atoms with van der Waals surface area (Å²) in [5.41, 5.74) is 1.78. The first-order valence-electron chi connectivity index (χ1n) is 10.4. The number of benzene rings is 1. The highest BCUT2D eigenvalue weighted by Crippen LogP contribution is 2.23. The maximum atomic E-state index is 12.3. The van der Waals surface area contributed by atoms with Crippen LogP contribution in [0.2, 0.25) is 0 Å². The largest absolute Gasteiger partial charge is 0.444 e. The molecule has 0 spiro atoms. The van der Waals surface area contributed by atoms with Crippen LogP contribution in [0.1, 0.15) is 26.5 Å². The van der Waals surface area contributed by atoms with E-state index in [0.717, 1.165) is 41.7 Å². The fourth-order valence-electron chi connectivity index (χ4n) is 3.66. The number of rotatable bonds is 4. The molecule has 1 N–H and O–H groups in total. The van der Waals surface area contributed by atoms with Crippen LogP contribution in [0.3, 0.4) is 0 Å². The Kier molecular flexibility index (Phi) is 5.94. The van der Waals surface area contributed by atoms with Crippen LogP contribution in [0.4, 0.5) is 4.79 Å². The molecule has 1 saturated heterocycles. The quantitative estimate of drug-likeness (QED) is 0.811. The van der Waals surface area contributed by atoms with E-state index in [1.54, 1.807) is 16.2 Å². The Morgan fingerprint density at radius 1 is 1.27 bits per heavy atom. The number of carbonyl (C=O) groups excluding carboxylic acids is 1. The van der Waals surface area contributed by atoms with Crippen LogP contribution in [0.5, 0.6) is 0 Å². The zero-order valence-electron chi connectivity index (χ0n) is 17.8. The van der Waals surface area contributed by atoms with E-state index in [9.17, 15) is 4.79 Å². The lowest BCUT2D eigenvalue weighted by Crippen LogP contribution is -2.57. The van der Waals surface area contributed by atoms with E-state index in [0.29, 0.717) is 19.6 Å². The molecule has 0 aliphatic carbocycles. The minimum absolute atomic E-state index is 0.220. The van der Waals surface area contributed by atoms with E-state index in [1.165, 1.54) is 0 Å². The zero-order valence-corrected chi connectivity index (χ0v) is 18.6. The lowest BCUT2D eigenvalue weighted by atomic mass is 10.2. The lowest BCUT2D eigenvalue weighted by Gasteiger charge is -2.39. The normalized spacial score (nSPS) is 18.8. The van der Waals surface area contributed by atoms with E-state index in [2.05, 4.69) is 32.7 Å². The van der Waals surface area contributed by atoms with Gasteiger partial charge >= 0.3 is 6.09 Å². The van der Waals surface area contributed by atoms with Crippen molar-refractivity contribution in [3.8, 4) is 10.6 Å². The number of fused-ring (bicyclic) bond motifs is 1. The highest BCUT2D eigenvalue weighted by molar-refractivity contribution is 7.13. The number of hydrogen-bond donors (Lipinski definition) is 1. The van der Waals surface area contributed by atoms with Gasteiger partial charge in [0.2, 0.25) is 0 Å². The predicted octanol–water partition coefficient (Wildman–Crippen LogP) is 3.23. The van der Waals surface area contributed by atoms with Gasteiger partial charge < -0.3 is 19.9 Å². The van der Waals surface area contributed by atoms with Crippen LogP contribution < -0.4 is 5.32 Å². The van der Waals surface area contributed by atoms with Crippen molar-refractivity contribution < 1.29 is 9.53 Å². The summed E-state index contributed by atoms with van der Waals surface area (Å²) in [5.74, 6) is 0.933. The Balaban J connectivity index is 1.25. The molecule has 0 bridgehead atoms. The van der Waals surface area contributed by atoms with E-state index >= 15 is 0 Å². The maximum absolute atomic E-state index is 12.3. The number of aromatic nitrogens is 1. The smallest absolute Gasteiger partial charge is 0.410 e. The molecule has 160 valence electrons. The minimum Gasteiger partial charge on any atom is -0.444 e. The number of hydrogen-bond acceptors (Lipinski definition) is 7. The molecule has 8 heteroatoms. The molecule has 1 unspecified atom stereocenters. The van der Waals surface area contributed by atoms with Crippen molar-refractivity contribution in [2.75, 3.05) is 32.7 Å². The fraction of sp³-hybridized carbons (Fsp3) is 0.500. The number of aliphatic imine (C=N–C) groups is 1. The number of guanidine groups is 1. The number of piperazine rings is 1. The van der Waals surface area contributed by atoms with Crippen molar-refractivity contribution in [1.29, 1.82) is 0 Å². The van der Waals surface area contributed by atoms with Gasteiger partial charge in [0.05, 0.1) is 18.3 Å². The average molecular weight is 428 g/mol. The lowest BCUT2D eigenvalue weighted by molar-refractivity contribution is 0.0137. The Labute approximate surface area is 181 Å². The highest BCUT2D eigenvalue weighted by atomic mass is 32.1. The second-order valence-electron chi connectivity index (χ2n) is 8.62. The van der Waals surface area contributed by atoms with E-state index in [1.807, 2.05) is 39.0 Å². The Morgan fingerprint density at radius 3 is 2.83 bits per heavy atom. The van der Waals surface area contributed by atoms with Gasteiger partial charge in [0, 0.05) is 43.5 Å². The number of thiazole rings is 1. The predicted molar refractivity (Wildman–Crippen MR) is 120 cm³/mol. The van der Waals surface area contributed by atoms with Crippen molar-refractivity contribution in [1.82, 2.24) is 20.1 Å². The molecule has 1 atom stereocenters. The van der Waals surface area contributed by atoms with Crippen molar-refractivity contribution in [3.05, 3.63) is 41.4 Å². The van der Waals surface area contributed by atoms with Gasteiger partial charge in [0.1, 0.15) is 10.6 Å². The van der Waals surface area contributed by atoms with Gasteiger partial charge in [0.15, 0.2) is 5.96 Å². The Bertz CT molecular complexity index is 906. The van der Waals surface area contributed by atoms with Gasteiger partial charge in [-0.05, 0) is 20.8 Å². The number of nitrogens with one attached hydrogen (secondary N) is 1. The molecule has 3 heterocycles. The summed E-state index contributed by atoms with van der Waals surface area (Å²) in [7, 11) is 0. The number of ether oxygens (including phenoxy) is 1. The minimum atomic E-state index is -0.469. The van der Waals surface area contributed by atoms with Gasteiger partial charge in [0.25, 0.3) is 0 Å². The third-order valence-electron chi connectivity index (χ3n) is 5.10. The van der Waals surface area contributed by atoms with Gasteiger partial charge in [-0.15, -0.1) is 11.3 Å². The van der Waals surface area contributed by atoms with Crippen LogP contribution in [-0.2, 0) is 11.2 Å². The molecular formula is C22H29N5O2S. The second-order valence-corrected chi connectivity index (χ2v) is 9.48. The third kappa shape index (κ3) is 4.92. The van der Waals surface area contributed by atoms with Crippen LogP contribution in [0, 0.1) is 0 Å². The van der Waals surface area contributed by atoms with Gasteiger partial charge in [-0.2, -0.15) is 0 Å². The van der Waals surface area contributed by atoms with E-state index in [4.69, 9.17) is 9.72 Å². The standard InChI is InChI=1S/C22H29N5O2S/c1-22(2,3)29-21(28)26-11-12-27-18(14-26)13-24-20(27)23-10-9-17-15-30-19(25-17)16-7-5-4-6-8-16/h4-8,15,18H,9-14H2,1-3H3,(H,23,24). The van der Waals surface area contributed by atoms with E-state index < -0.39 is 5.60 Å². The van der Waals surface area contributed by atoms with Gasteiger partial charge in [-0.1, -0.05) is 30.3 Å². The molecule has 2 aliphatic heterocycles. The van der Waals surface area contributed by atoms with Crippen molar-refractivity contribution in [2.45, 2.75) is 38.8 Å². The SMILES string of the molecule is CC(C)(C)OC(=O)N1CCN2C(NCCc3csc(-c4ccccc4)n3)=NCC2C1. The summed E-state index contributed by atoms with van der Waals surface area (Å²) in [6, 6.07) is 10.5. The average Bonchev–Trinajstić information content (AvgIpc) is 3.34. The van der Waals surface area contributed by atoms with Crippen molar-refractivity contribution in [3.63, 3.8) is 0 Å². The number of amides is 1. The summed E-state index contributed by atoms with van der Waals surface area (Å²) in [6.07, 6.45) is 0.617. The molecule has 1 fully saturated rings. The zero-order chi connectivity index (χ0) is 21.1. The molecule has 1 amide bonds. The molecule has 2 aromatic rings. The molecule has 1 aromatic heterocycles. The van der Waals surface area contributed by atoms with Crippen molar-refractivity contribution in [2.24, 2.45) is 4.99 Å². The molecule has 30 heavy (non-hydrogen) atoms. The van der Waals surface area contributed by atoms with Gasteiger partial charge in [-0.25, -0.2) is 9.78 Å². The summed E-state index contributed by atoms with van der Waals surface area (Å²) < 4.78 is 5.51. The monoisotopic (exact) mass is 427 g/mol. The second kappa shape index (κ2) is 8.63. The van der Waals surface area contributed by atoms with Crippen LogP contribution in [-0.4, -0.2) is 71.2 Å².